The van der Waals surface area contributed by atoms with Crippen molar-refractivity contribution < 1.29 is 9.21 Å². The van der Waals surface area contributed by atoms with E-state index in [0.717, 1.165) is 42.9 Å². The fourth-order valence-electron chi connectivity index (χ4n) is 3.69. The van der Waals surface area contributed by atoms with Crippen molar-refractivity contribution in [1.29, 1.82) is 0 Å². The molecule has 2 fully saturated rings. The van der Waals surface area contributed by atoms with Crippen LogP contribution < -0.4 is 16.0 Å². The summed E-state index contributed by atoms with van der Waals surface area (Å²) in [6.07, 6.45) is 13.1. The SMILES string of the molecule is O=C(NCCCNc1nc(Nc2ccc(-c3cnco3)nc2)ncc1C1CC1)C1CCC1. The normalized spacial score (nSPS) is 15.8. The summed E-state index contributed by atoms with van der Waals surface area (Å²) < 4.78 is 5.27. The second-order valence-electron chi connectivity index (χ2n) is 8.39. The summed E-state index contributed by atoms with van der Waals surface area (Å²) in [6.45, 7) is 1.43. The number of nitrogens with one attached hydrogen (secondary N) is 3. The molecule has 3 N–H and O–H groups in total. The number of aromatic nitrogens is 4. The van der Waals surface area contributed by atoms with Gasteiger partial charge in [0.2, 0.25) is 11.9 Å². The Balaban J connectivity index is 1.18. The number of rotatable bonds is 10. The van der Waals surface area contributed by atoms with Crippen LogP contribution in [0.3, 0.4) is 0 Å². The second kappa shape index (κ2) is 9.33. The Morgan fingerprint density at radius 2 is 1.97 bits per heavy atom. The van der Waals surface area contributed by atoms with Crippen LogP contribution >= 0.6 is 0 Å². The van der Waals surface area contributed by atoms with Crippen LogP contribution in [0.25, 0.3) is 11.5 Å². The first-order valence-electron chi connectivity index (χ1n) is 11.3. The molecule has 2 saturated carbocycles. The number of carbonyl (C=O) groups excluding carboxylic acids is 1. The smallest absolute Gasteiger partial charge is 0.229 e. The Bertz CT molecular complexity index is 1040. The Labute approximate surface area is 186 Å². The number of amides is 1. The molecule has 3 aromatic heterocycles. The maximum atomic E-state index is 11.9. The first-order chi connectivity index (χ1) is 15.8. The van der Waals surface area contributed by atoms with E-state index in [1.807, 2.05) is 18.3 Å². The highest BCUT2D eigenvalue weighted by atomic mass is 16.3. The minimum absolute atomic E-state index is 0.200. The lowest BCUT2D eigenvalue weighted by molar-refractivity contribution is -0.127. The van der Waals surface area contributed by atoms with Crippen LogP contribution in [0.15, 0.2) is 41.5 Å². The molecule has 32 heavy (non-hydrogen) atoms. The number of pyridine rings is 1. The molecular formula is C23H27N7O2. The van der Waals surface area contributed by atoms with Crippen LogP contribution in [0.2, 0.25) is 0 Å². The minimum atomic E-state index is 0.200. The van der Waals surface area contributed by atoms with E-state index in [2.05, 4.69) is 30.9 Å². The highest BCUT2D eigenvalue weighted by Gasteiger charge is 2.28. The molecular weight excluding hydrogens is 406 g/mol. The van der Waals surface area contributed by atoms with E-state index in [-0.39, 0.29) is 11.8 Å². The van der Waals surface area contributed by atoms with Gasteiger partial charge in [-0.1, -0.05) is 6.42 Å². The van der Waals surface area contributed by atoms with Crippen LogP contribution in [0.4, 0.5) is 17.5 Å². The predicted octanol–water partition coefficient (Wildman–Crippen LogP) is 3.87. The average molecular weight is 434 g/mol. The lowest BCUT2D eigenvalue weighted by Gasteiger charge is -2.24. The third kappa shape index (κ3) is 4.87. The minimum Gasteiger partial charge on any atom is -0.442 e. The summed E-state index contributed by atoms with van der Waals surface area (Å²) in [5.74, 6) is 2.97. The topological polar surface area (TPSA) is 118 Å². The van der Waals surface area contributed by atoms with Gasteiger partial charge in [0.05, 0.1) is 18.1 Å². The number of nitrogens with zero attached hydrogens (tertiary/aromatic N) is 4. The summed E-state index contributed by atoms with van der Waals surface area (Å²) in [7, 11) is 0. The molecule has 0 unspecified atom stereocenters. The number of oxazole rings is 1. The Hall–Kier alpha value is -3.49. The first-order valence-corrected chi connectivity index (χ1v) is 11.3. The van der Waals surface area contributed by atoms with Gasteiger partial charge in [-0.15, -0.1) is 0 Å². The summed E-state index contributed by atoms with van der Waals surface area (Å²) in [6, 6.07) is 3.76. The molecule has 0 bridgehead atoms. The molecule has 5 rings (SSSR count). The quantitative estimate of drug-likeness (QED) is 0.413. The predicted molar refractivity (Wildman–Crippen MR) is 120 cm³/mol. The molecule has 0 radical (unpaired) electrons. The zero-order valence-electron chi connectivity index (χ0n) is 17.9. The lowest BCUT2D eigenvalue weighted by Crippen LogP contribution is -2.35. The van der Waals surface area contributed by atoms with Gasteiger partial charge in [0.15, 0.2) is 12.2 Å². The van der Waals surface area contributed by atoms with Gasteiger partial charge in [0, 0.05) is 30.8 Å². The Morgan fingerprint density at radius 1 is 1.06 bits per heavy atom. The first kappa shape index (κ1) is 20.4. The van der Waals surface area contributed by atoms with Gasteiger partial charge in [-0.25, -0.2) is 9.97 Å². The fourth-order valence-corrected chi connectivity index (χ4v) is 3.69. The molecule has 9 heteroatoms. The Kier molecular flexibility index (Phi) is 5.96. The number of hydrogen-bond donors (Lipinski definition) is 3. The molecule has 9 nitrogen and oxygen atoms in total. The zero-order valence-corrected chi connectivity index (χ0v) is 17.9. The van der Waals surface area contributed by atoms with Crippen molar-refractivity contribution in [3.8, 4) is 11.5 Å². The highest BCUT2D eigenvalue weighted by molar-refractivity contribution is 5.79. The molecule has 0 saturated heterocycles. The van der Waals surface area contributed by atoms with Gasteiger partial charge in [0.25, 0.3) is 0 Å². The lowest BCUT2D eigenvalue weighted by atomic mass is 9.85. The van der Waals surface area contributed by atoms with Crippen molar-refractivity contribution in [1.82, 2.24) is 25.3 Å². The number of hydrogen-bond acceptors (Lipinski definition) is 8. The molecule has 0 aliphatic heterocycles. The Morgan fingerprint density at radius 3 is 2.66 bits per heavy atom. The van der Waals surface area contributed by atoms with Crippen LogP contribution in [-0.4, -0.2) is 38.9 Å². The molecule has 0 aromatic carbocycles. The molecule has 166 valence electrons. The van der Waals surface area contributed by atoms with E-state index < -0.39 is 0 Å². The molecule has 2 aliphatic carbocycles. The van der Waals surface area contributed by atoms with Crippen molar-refractivity contribution in [3.63, 3.8) is 0 Å². The monoisotopic (exact) mass is 433 g/mol. The van der Waals surface area contributed by atoms with Crippen molar-refractivity contribution in [2.24, 2.45) is 5.92 Å². The maximum Gasteiger partial charge on any atom is 0.229 e. The molecule has 2 aliphatic rings. The third-order valence-corrected chi connectivity index (χ3v) is 5.96. The molecule has 1 amide bonds. The van der Waals surface area contributed by atoms with Crippen molar-refractivity contribution in [2.75, 3.05) is 23.7 Å². The second-order valence-corrected chi connectivity index (χ2v) is 8.39. The fraction of sp³-hybridized carbons (Fsp3) is 0.435. The largest absolute Gasteiger partial charge is 0.442 e. The zero-order chi connectivity index (χ0) is 21.8. The average Bonchev–Trinajstić information content (AvgIpc) is 3.46. The van der Waals surface area contributed by atoms with E-state index in [9.17, 15) is 4.79 Å². The van der Waals surface area contributed by atoms with Gasteiger partial charge < -0.3 is 20.4 Å². The van der Waals surface area contributed by atoms with Crippen LogP contribution in [0, 0.1) is 5.92 Å². The number of carbonyl (C=O) groups is 1. The van der Waals surface area contributed by atoms with E-state index in [1.54, 1.807) is 12.4 Å². The van der Waals surface area contributed by atoms with Crippen molar-refractivity contribution in [2.45, 2.75) is 44.4 Å². The van der Waals surface area contributed by atoms with Crippen molar-refractivity contribution in [3.05, 3.63) is 42.7 Å². The van der Waals surface area contributed by atoms with Gasteiger partial charge in [-0.05, 0) is 50.2 Å². The summed E-state index contributed by atoms with van der Waals surface area (Å²) in [5.41, 5.74) is 2.66. The molecule has 0 atom stereocenters. The van der Waals surface area contributed by atoms with E-state index >= 15 is 0 Å². The van der Waals surface area contributed by atoms with Crippen molar-refractivity contribution >= 4 is 23.4 Å². The van der Waals surface area contributed by atoms with Gasteiger partial charge in [-0.2, -0.15) is 4.98 Å². The maximum absolute atomic E-state index is 11.9. The van der Waals surface area contributed by atoms with Crippen LogP contribution in [-0.2, 0) is 4.79 Å². The van der Waals surface area contributed by atoms with Gasteiger partial charge >= 0.3 is 0 Å². The highest BCUT2D eigenvalue weighted by Crippen LogP contribution is 2.42. The summed E-state index contributed by atoms with van der Waals surface area (Å²) in [5, 5.41) is 9.70. The molecule has 3 heterocycles. The van der Waals surface area contributed by atoms with Gasteiger partial charge in [-0.3, -0.25) is 9.78 Å². The van der Waals surface area contributed by atoms with E-state index in [1.165, 1.54) is 25.7 Å². The summed E-state index contributed by atoms with van der Waals surface area (Å²) in [4.78, 5) is 29.5. The molecule has 3 aromatic rings. The van der Waals surface area contributed by atoms with E-state index in [0.29, 0.717) is 29.9 Å². The summed E-state index contributed by atoms with van der Waals surface area (Å²) >= 11 is 0. The van der Waals surface area contributed by atoms with Crippen LogP contribution in [0.1, 0.15) is 50.0 Å². The molecule has 0 spiro atoms. The van der Waals surface area contributed by atoms with Crippen LogP contribution in [0.5, 0.6) is 0 Å². The van der Waals surface area contributed by atoms with E-state index in [4.69, 9.17) is 9.40 Å². The standard InChI is InChI=1S/C23H27N7O2/c31-22(16-3-1-4-16)26-10-2-9-25-21-18(15-5-6-15)12-28-23(30-21)29-17-7-8-19(27-11-17)20-13-24-14-32-20/h7-8,11-16H,1-6,9-10H2,(H,26,31)(H2,25,28,29,30). The third-order valence-electron chi connectivity index (χ3n) is 5.96. The number of anilines is 3. The van der Waals surface area contributed by atoms with Gasteiger partial charge in [0.1, 0.15) is 11.5 Å².